The number of thiophene rings is 1. The van der Waals surface area contributed by atoms with Gasteiger partial charge in [-0.3, -0.25) is 4.90 Å². The van der Waals surface area contributed by atoms with Crippen LogP contribution in [0.4, 0.5) is 0 Å². The number of rotatable bonds is 5. The lowest BCUT2D eigenvalue weighted by molar-refractivity contribution is 0.177. The maximum Gasteiger partial charge on any atom is 0.0410 e. The fourth-order valence-corrected chi connectivity index (χ4v) is 3.07. The lowest BCUT2D eigenvalue weighted by Gasteiger charge is -2.40. The molecule has 1 aromatic heterocycles. The van der Waals surface area contributed by atoms with Crippen molar-refractivity contribution in [3.63, 3.8) is 0 Å². The van der Waals surface area contributed by atoms with Gasteiger partial charge in [-0.2, -0.15) is 0 Å². The van der Waals surface area contributed by atoms with Gasteiger partial charge in [0.2, 0.25) is 0 Å². The first-order valence-corrected chi connectivity index (χ1v) is 7.01. The van der Waals surface area contributed by atoms with Crippen molar-refractivity contribution in [2.75, 3.05) is 13.6 Å². The molecule has 2 N–H and O–H groups in total. The predicted molar refractivity (Wildman–Crippen MR) is 70.8 cm³/mol. The second-order valence-electron chi connectivity index (χ2n) is 5.14. The van der Waals surface area contributed by atoms with Crippen molar-refractivity contribution >= 4 is 11.3 Å². The third kappa shape index (κ3) is 2.65. The fraction of sp³-hybridized carbons (Fsp3) is 0.692. The van der Waals surface area contributed by atoms with Gasteiger partial charge in [0.25, 0.3) is 0 Å². The van der Waals surface area contributed by atoms with Gasteiger partial charge in [-0.1, -0.05) is 6.07 Å². The van der Waals surface area contributed by atoms with Crippen LogP contribution in [-0.2, 0) is 0 Å². The lowest BCUT2D eigenvalue weighted by Crippen LogP contribution is -2.48. The highest BCUT2D eigenvalue weighted by Crippen LogP contribution is 2.33. The minimum absolute atomic E-state index is 0.156. The predicted octanol–water partition coefficient (Wildman–Crippen LogP) is 3.01. The maximum absolute atomic E-state index is 6.25. The van der Waals surface area contributed by atoms with Gasteiger partial charge in [0.15, 0.2) is 0 Å². The number of nitrogens with two attached hydrogens (primary N) is 1. The molecule has 2 nitrogen and oxygen atoms in total. The molecule has 1 atom stereocenters. The molecule has 3 heteroatoms. The molecular formula is C13H22N2S. The van der Waals surface area contributed by atoms with Crippen LogP contribution >= 0.6 is 11.3 Å². The molecule has 0 aromatic carbocycles. The van der Waals surface area contributed by atoms with Gasteiger partial charge in [-0.15, -0.1) is 11.3 Å². The molecule has 1 fully saturated rings. The Morgan fingerprint density at radius 1 is 1.56 bits per heavy atom. The van der Waals surface area contributed by atoms with Gasteiger partial charge < -0.3 is 5.73 Å². The highest BCUT2D eigenvalue weighted by Gasteiger charge is 2.32. The minimum Gasteiger partial charge on any atom is -0.325 e. The Hall–Kier alpha value is -0.380. The van der Waals surface area contributed by atoms with E-state index in [0.717, 1.165) is 13.0 Å². The Balaban J connectivity index is 1.81. The summed E-state index contributed by atoms with van der Waals surface area (Å²) in [5.41, 5.74) is 6.40. The summed E-state index contributed by atoms with van der Waals surface area (Å²) >= 11 is 1.84. The van der Waals surface area contributed by atoms with Crippen LogP contribution in [0, 0.1) is 0 Å². The molecule has 16 heavy (non-hydrogen) atoms. The molecular weight excluding hydrogens is 216 g/mol. The monoisotopic (exact) mass is 238 g/mol. The van der Waals surface area contributed by atoms with Gasteiger partial charge in [-0.05, 0) is 51.1 Å². The average Bonchev–Trinajstić information content (AvgIpc) is 2.75. The van der Waals surface area contributed by atoms with Crippen molar-refractivity contribution in [3.05, 3.63) is 22.4 Å². The van der Waals surface area contributed by atoms with Gasteiger partial charge in [-0.25, -0.2) is 0 Å². The van der Waals surface area contributed by atoms with Crippen LogP contribution in [0.1, 0.15) is 43.5 Å². The van der Waals surface area contributed by atoms with E-state index in [-0.39, 0.29) is 5.54 Å². The van der Waals surface area contributed by atoms with Crippen molar-refractivity contribution in [1.82, 2.24) is 4.90 Å². The van der Waals surface area contributed by atoms with Crippen molar-refractivity contribution in [3.8, 4) is 0 Å². The molecule has 0 spiro atoms. The molecule has 0 radical (unpaired) electrons. The number of hydrogen-bond acceptors (Lipinski definition) is 3. The number of nitrogens with zero attached hydrogens (tertiary/aromatic N) is 1. The van der Waals surface area contributed by atoms with Crippen LogP contribution in [0.3, 0.4) is 0 Å². The van der Waals surface area contributed by atoms with Gasteiger partial charge in [0.1, 0.15) is 0 Å². The summed E-state index contributed by atoms with van der Waals surface area (Å²) < 4.78 is 0. The molecule has 0 saturated heterocycles. The summed E-state index contributed by atoms with van der Waals surface area (Å²) in [6.45, 7) is 3.38. The molecule has 0 bridgehead atoms. The third-order valence-corrected chi connectivity index (χ3v) is 4.97. The maximum atomic E-state index is 6.25. The lowest BCUT2D eigenvalue weighted by atomic mass is 9.75. The first kappa shape index (κ1) is 12.1. The molecule has 1 aromatic rings. The molecule has 1 aliphatic rings. The second kappa shape index (κ2) is 4.86. The second-order valence-corrected chi connectivity index (χ2v) is 6.12. The molecule has 2 rings (SSSR count). The highest BCUT2D eigenvalue weighted by molar-refractivity contribution is 7.10. The first-order chi connectivity index (χ1) is 7.61. The van der Waals surface area contributed by atoms with E-state index >= 15 is 0 Å². The summed E-state index contributed by atoms with van der Waals surface area (Å²) in [7, 11) is 2.20. The van der Waals surface area contributed by atoms with Crippen molar-refractivity contribution in [2.24, 2.45) is 5.73 Å². The SMILES string of the molecule is CC(c1cccs1)N(C)CCC1(N)CCC1. The van der Waals surface area contributed by atoms with Crippen molar-refractivity contribution < 1.29 is 0 Å². The van der Waals surface area contributed by atoms with Crippen molar-refractivity contribution in [2.45, 2.75) is 44.2 Å². The Morgan fingerprint density at radius 2 is 2.31 bits per heavy atom. The van der Waals surface area contributed by atoms with E-state index < -0.39 is 0 Å². The zero-order valence-electron chi connectivity index (χ0n) is 10.3. The largest absolute Gasteiger partial charge is 0.325 e. The quantitative estimate of drug-likeness (QED) is 0.854. The molecule has 90 valence electrons. The normalized spacial score (nSPS) is 20.8. The molecule has 0 aliphatic heterocycles. The standard InChI is InChI=1S/C13H22N2S/c1-11(12-5-3-10-16-12)15(2)9-8-13(14)6-4-7-13/h3,5,10-11H,4,6-9,14H2,1-2H3. The Morgan fingerprint density at radius 3 is 2.81 bits per heavy atom. The topological polar surface area (TPSA) is 29.3 Å². The fourth-order valence-electron chi connectivity index (χ4n) is 2.22. The molecule has 1 unspecified atom stereocenters. The van der Waals surface area contributed by atoms with E-state index in [2.05, 4.69) is 36.4 Å². The van der Waals surface area contributed by atoms with Crippen LogP contribution < -0.4 is 5.73 Å². The first-order valence-electron chi connectivity index (χ1n) is 6.13. The van der Waals surface area contributed by atoms with Gasteiger partial charge in [0, 0.05) is 23.0 Å². The Labute approximate surface area is 102 Å². The third-order valence-electron chi connectivity index (χ3n) is 3.93. The summed E-state index contributed by atoms with van der Waals surface area (Å²) in [6, 6.07) is 4.86. The van der Waals surface area contributed by atoms with Gasteiger partial charge >= 0.3 is 0 Å². The summed E-state index contributed by atoms with van der Waals surface area (Å²) in [4.78, 5) is 3.86. The van der Waals surface area contributed by atoms with E-state index in [4.69, 9.17) is 5.73 Å². The molecule has 0 amide bonds. The van der Waals surface area contributed by atoms with E-state index in [1.165, 1.54) is 24.1 Å². The summed E-state index contributed by atoms with van der Waals surface area (Å²) in [5.74, 6) is 0. The van der Waals surface area contributed by atoms with Gasteiger partial charge in [0.05, 0.1) is 0 Å². The molecule has 1 aliphatic carbocycles. The Kier molecular flexibility index (Phi) is 3.67. The number of hydrogen-bond donors (Lipinski definition) is 1. The van der Waals surface area contributed by atoms with E-state index in [9.17, 15) is 0 Å². The van der Waals surface area contributed by atoms with Crippen LogP contribution in [0.5, 0.6) is 0 Å². The Bertz CT molecular complexity index is 317. The summed E-state index contributed by atoms with van der Waals surface area (Å²) in [5, 5.41) is 2.15. The van der Waals surface area contributed by atoms with E-state index in [0.29, 0.717) is 6.04 Å². The van der Waals surface area contributed by atoms with Crippen LogP contribution in [0.25, 0.3) is 0 Å². The summed E-state index contributed by atoms with van der Waals surface area (Å²) in [6.07, 6.45) is 4.89. The zero-order valence-corrected chi connectivity index (χ0v) is 11.1. The van der Waals surface area contributed by atoms with E-state index in [1.807, 2.05) is 11.3 Å². The van der Waals surface area contributed by atoms with E-state index in [1.54, 1.807) is 0 Å². The average molecular weight is 238 g/mol. The zero-order chi connectivity index (χ0) is 11.6. The highest BCUT2D eigenvalue weighted by atomic mass is 32.1. The van der Waals surface area contributed by atoms with Crippen molar-refractivity contribution in [1.29, 1.82) is 0 Å². The minimum atomic E-state index is 0.156. The molecule has 1 saturated carbocycles. The smallest absolute Gasteiger partial charge is 0.0410 e. The van der Waals surface area contributed by atoms with Crippen LogP contribution in [0.15, 0.2) is 17.5 Å². The van der Waals surface area contributed by atoms with Crippen LogP contribution in [0.2, 0.25) is 0 Å². The van der Waals surface area contributed by atoms with Crippen LogP contribution in [-0.4, -0.2) is 24.0 Å². The molecule has 1 heterocycles.